The third-order valence-electron chi connectivity index (χ3n) is 1.41. The van der Waals surface area contributed by atoms with Crippen molar-refractivity contribution in [2.45, 2.75) is 26.4 Å². The SMILES string of the molecule is CC(C)(C)OC(=O)Nc1nc(C(=O)P=O)cs1. The molecule has 0 aliphatic rings. The van der Waals surface area contributed by atoms with Gasteiger partial charge in [0.15, 0.2) is 5.13 Å². The highest BCUT2D eigenvalue weighted by Gasteiger charge is 2.18. The van der Waals surface area contributed by atoms with Crippen LogP contribution in [0.5, 0.6) is 0 Å². The van der Waals surface area contributed by atoms with Gasteiger partial charge in [-0.15, -0.1) is 11.3 Å². The van der Waals surface area contributed by atoms with Crippen molar-refractivity contribution in [2.24, 2.45) is 0 Å². The van der Waals surface area contributed by atoms with Crippen LogP contribution in [-0.2, 0) is 9.30 Å². The van der Waals surface area contributed by atoms with Gasteiger partial charge in [-0.1, -0.05) is 0 Å². The Kier molecular flexibility index (Phi) is 4.31. The monoisotopic (exact) mass is 274 g/mol. The van der Waals surface area contributed by atoms with Gasteiger partial charge in [0.25, 0.3) is 5.52 Å². The summed E-state index contributed by atoms with van der Waals surface area (Å²) in [7, 11) is -0.624. The van der Waals surface area contributed by atoms with Gasteiger partial charge in [0.1, 0.15) is 11.3 Å². The van der Waals surface area contributed by atoms with Crippen molar-refractivity contribution in [3.05, 3.63) is 11.1 Å². The van der Waals surface area contributed by atoms with Gasteiger partial charge >= 0.3 is 6.09 Å². The molecule has 1 amide bonds. The Hall–Kier alpha value is -1.33. The number of thiazole rings is 1. The lowest BCUT2D eigenvalue weighted by molar-refractivity contribution is 0.0635. The summed E-state index contributed by atoms with van der Waals surface area (Å²) in [6.45, 7) is 5.21. The van der Waals surface area contributed by atoms with E-state index in [1.807, 2.05) is 0 Å². The molecule has 0 saturated heterocycles. The minimum Gasteiger partial charge on any atom is -0.444 e. The first-order chi connectivity index (χ1) is 7.81. The molecular formula is C9H11N2O4PS. The molecule has 92 valence electrons. The molecule has 1 rings (SSSR count). The van der Waals surface area contributed by atoms with Crippen LogP contribution in [0.3, 0.4) is 0 Å². The highest BCUT2D eigenvalue weighted by atomic mass is 32.1. The Morgan fingerprint density at radius 2 is 2.12 bits per heavy atom. The average Bonchev–Trinajstić information content (AvgIpc) is 2.62. The number of anilines is 1. The summed E-state index contributed by atoms with van der Waals surface area (Å²) in [5.74, 6) is 0. The zero-order valence-corrected chi connectivity index (χ0v) is 11.2. The number of rotatable bonds is 3. The van der Waals surface area contributed by atoms with Gasteiger partial charge in [0.2, 0.25) is 8.46 Å². The number of nitrogens with zero attached hydrogens (tertiary/aromatic N) is 1. The van der Waals surface area contributed by atoms with E-state index in [2.05, 4.69) is 10.3 Å². The number of nitrogens with one attached hydrogen (secondary N) is 1. The molecule has 0 saturated carbocycles. The van der Waals surface area contributed by atoms with Gasteiger partial charge in [-0.25, -0.2) is 9.78 Å². The van der Waals surface area contributed by atoms with E-state index in [0.717, 1.165) is 11.3 Å². The highest BCUT2D eigenvalue weighted by molar-refractivity contribution is 7.47. The molecule has 0 unspecified atom stereocenters. The first kappa shape index (κ1) is 13.7. The lowest BCUT2D eigenvalue weighted by atomic mass is 10.2. The molecule has 1 aromatic rings. The van der Waals surface area contributed by atoms with Crippen molar-refractivity contribution in [1.82, 2.24) is 4.98 Å². The van der Waals surface area contributed by atoms with Crippen LogP contribution < -0.4 is 5.32 Å². The molecular weight excluding hydrogens is 263 g/mol. The zero-order chi connectivity index (χ0) is 13.1. The van der Waals surface area contributed by atoms with Crippen molar-refractivity contribution in [3.8, 4) is 0 Å². The molecule has 0 fully saturated rings. The predicted octanol–water partition coefficient (Wildman–Crippen LogP) is 2.92. The maximum Gasteiger partial charge on any atom is 0.413 e. The summed E-state index contributed by atoms with van der Waals surface area (Å²) in [5, 5.41) is 4.03. The van der Waals surface area contributed by atoms with E-state index in [9.17, 15) is 14.2 Å². The van der Waals surface area contributed by atoms with E-state index in [1.54, 1.807) is 20.8 Å². The van der Waals surface area contributed by atoms with Crippen LogP contribution in [0.15, 0.2) is 5.38 Å². The van der Waals surface area contributed by atoms with E-state index < -0.39 is 25.7 Å². The summed E-state index contributed by atoms with van der Waals surface area (Å²) < 4.78 is 15.3. The lowest BCUT2D eigenvalue weighted by Crippen LogP contribution is -2.27. The molecule has 1 N–H and O–H groups in total. The standard InChI is InChI=1S/C9H11N2O4PS/c1-9(2,3)15-8(13)11-7-10-5(4-17-7)6(12)16-14/h4H,1-3H3,(H,10,11,13). The minimum atomic E-state index is -0.648. The average molecular weight is 274 g/mol. The Bertz CT molecular complexity index is 452. The van der Waals surface area contributed by atoms with Gasteiger partial charge in [0, 0.05) is 5.38 Å². The number of ether oxygens (including phenoxy) is 1. The minimum absolute atomic E-state index is 0.0534. The molecule has 0 atom stereocenters. The van der Waals surface area contributed by atoms with Crippen molar-refractivity contribution in [2.75, 3.05) is 5.32 Å². The number of hydrogen-bond acceptors (Lipinski definition) is 6. The molecule has 8 heteroatoms. The summed E-state index contributed by atoms with van der Waals surface area (Å²) >= 11 is 1.06. The maximum absolute atomic E-state index is 11.4. The largest absolute Gasteiger partial charge is 0.444 e. The second-order valence-corrected chi connectivity index (χ2v) is 5.51. The van der Waals surface area contributed by atoms with E-state index in [4.69, 9.17) is 4.74 Å². The maximum atomic E-state index is 11.4. The number of hydrogen-bond donors (Lipinski definition) is 1. The van der Waals surface area contributed by atoms with Gasteiger partial charge in [-0.2, -0.15) is 0 Å². The third-order valence-corrected chi connectivity index (χ3v) is 2.57. The first-order valence-electron chi connectivity index (χ1n) is 4.65. The number of amides is 1. The first-order valence-corrected chi connectivity index (χ1v) is 6.34. The van der Waals surface area contributed by atoms with E-state index >= 15 is 0 Å². The van der Waals surface area contributed by atoms with Crippen LogP contribution in [0.4, 0.5) is 9.93 Å². The Balaban J connectivity index is 2.64. The molecule has 1 aromatic heterocycles. The zero-order valence-electron chi connectivity index (χ0n) is 9.51. The molecule has 0 aliphatic heterocycles. The Morgan fingerprint density at radius 1 is 1.47 bits per heavy atom. The smallest absolute Gasteiger partial charge is 0.413 e. The molecule has 0 radical (unpaired) electrons. The molecule has 0 aromatic carbocycles. The lowest BCUT2D eigenvalue weighted by Gasteiger charge is -2.18. The fourth-order valence-corrected chi connectivity index (χ4v) is 1.84. The highest BCUT2D eigenvalue weighted by Crippen LogP contribution is 2.19. The van der Waals surface area contributed by atoms with Crippen LogP contribution in [0.2, 0.25) is 0 Å². The number of carbonyl (C=O) groups is 2. The Morgan fingerprint density at radius 3 is 2.65 bits per heavy atom. The third kappa shape index (κ3) is 4.58. The van der Waals surface area contributed by atoms with Gasteiger partial charge in [-0.3, -0.25) is 14.7 Å². The fraction of sp³-hybridized carbons (Fsp3) is 0.444. The second-order valence-electron chi connectivity index (χ2n) is 4.06. The molecule has 17 heavy (non-hydrogen) atoms. The van der Waals surface area contributed by atoms with Crippen molar-refractivity contribution in [1.29, 1.82) is 0 Å². The van der Waals surface area contributed by atoms with Crippen molar-refractivity contribution >= 4 is 36.5 Å². The fourth-order valence-electron chi connectivity index (χ4n) is 0.867. The topological polar surface area (TPSA) is 85.4 Å². The van der Waals surface area contributed by atoms with Crippen LogP contribution in [0.25, 0.3) is 0 Å². The van der Waals surface area contributed by atoms with E-state index in [0.29, 0.717) is 0 Å². The van der Waals surface area contributed by atoms with Crippen LogP contribution in [0.1, 0.15) is 31.3 Å². The molecule has 0 bridgehead atoms. The van der Waals surface area contributed by atoms with Crippen LogP contribution >= 0.6 is 19.8 Å². The number of carbonyl (C=O) groups excluding carboxylic acids is 2. The van der Waals surface area contributed by atoms with Gasteiger partial charge in [-0.05, 0) is 20.8 Å². The van der Waals surface area contributed by atoms with Crippen molar-refractivity contribution < 1.29 is 18.9 Å². The summed E-state index contributed by atoms with van der Waals surface area (Å²) in [5.41, 5.74) is -1.18. The Labute approximate surface area is 104 Å². The summed E-state index contributed by atoms with van der Waals surface area (Å²) in [4.78, 5) is 26.2. The molecule has 0 aliphatic carbocycles. The van der Waals surface area contributed by atoms with Crippen LogP contribution in [-0.4, -0.2) is 22.2 Å². The molecule has 1 heterocycles. The quantitative estimate of drug-likeness (QED) is 0.856. The molecule has 6 nitrogen and oxygen atoms in total. The summed E-state index contributed by atoms with van der Waals surface area (Å²) in [6.07, 6.45) is -0.648. The van der Waals surface area contributed by atoms with Crippen LogP contribution in [0, 0.1) is 0 Å². The van der Waals surface area contributed by atoms with Gasteiger partial charge in [0.05, 0.1) is 0 Å². The second kappa shape index (κ2) is 5.33. The van der Waals surface area contributed by atoms with E-state index in [1.165, 1.54) is 5.38 Å². The summed E-state index contributed by atoms with van der Waals surface area (Å²) in [6, 6.07) is 0. The van der Waals surface area contributed by atoms with Crippen molar-refractivity contribution in [3.63, 3.8) is 0 Å². The normalized spacial score (nSPS) is 11.2. The van der Waals surface area contributed by atoms with Gasteiger partial charge < -0.3 is 4.74 Å². The molecule has 0 spiro atoms. The van der Waals surface area contributed by atoms with E-state index in [-0.39, 0.29) is 10.8 Å². The number of aromatic nitrogens is 1. The predicted molar refractivity (Wildman–Crippen MR) is 63.9 cm³/mol.